The Morgan fingerprint density at radius 2 is 1.53 bits per heavy atom. The van der Waals surface area contributed by atoms with Crippen molar-refractivity contribution in [2.45, 2.75) is 16.0 Å². The Balaban J connectivity index is 1.89. The Morgan fingerprint density at radius 1 is 0.969 bits per heavy atom. The zero-order chi connectivity index (χ0) is 23.7. The van der Waals surface area contributed by atoms with E-state index in [9.17, 15) is 34.8 Å². The first-order valence-corrected chi connectivity index (χ1v) is 11.9. The first-order valence-electron chi connectivity index (χ1n) is 8.97. The number of hydrogen-bond acceptors (Lipinski definition) is 6. The van der Waals surface area contributed by atoms with Crippen LogP contribution in [-0.2, 0) is 31.0 Å². The molecular weight excluding hydrogens is 477 g/mol. The fourth-order valence-corrected chi connectivity index (χ4v) is 5.36. The molecule has 1 aliphatic rings. The van der Waals surface area contributed by atoms with Crippen molar-refractivity contribution in [3.8, 4) is 0 Å². The Bertz CT molecular complexity index is 1220. The molecule has 1 saturated heterocycles. The highest BCUT2D eigenvalue weighted by Gasteiger charge is 2.32. The zero-order valence-electron chi connectivity index (χ0n) is 16.2. The molecule has 3 rings (SSSR count). The average molecular weight is 494 g/mol. The second kappa shape index (κ2) is 8.69. The van der Waals surface area contributed by atoms with Gasteiger partial charge in [0.15, 0.2) is 0 Å². The van der Waals surface area contributed by atoms with E-state index in [4.69, 9.17) is 9.84 Å². The third-order valence-corrected chi connectivity index (χ3v) is 7.81. The molecule has 1 aliphatic heterocycles. The summed E-state index contributed by atoms with van der Waals surface area (Å²) in [6.45, 7) is 0.743. The van der Waals surface area contributed by atoms with Crippen LogP contribution in [0.5, 0.6) is 0 Å². The number of carbonyl (C=O) groups is 1. The van der Waals surface area contributed by atoms with E-state index < -0.39 is 53.9 Å². The number of carboxylic acids is 1. The van der Waals surface area contributed by atoms with Crippen molar-refractivity contribution in [3.63, 3.8) is 0 Å². The van der Waals surface area contributed by atoms with E-state index in [0.717, 1.165) is 30.3 Å². The normalized spacial score (nSPS) is 16.0. The highest BCUT2D eigenvalue weighted by molar-refractivity contribution is 7.92. The predicted molar refractivity (Wildman–Crippen MR) is 105 cm³/mol. The number of halogens is 3. The molecule has 0 atom stereocenters. The van der Waals surface area contributed by atoms with E-state index in [1.807, 2.05) is 4.72 Å². The number of nitrogens with one attached hydrogen (secondary N) is 1. The molecule has 9 nitrogen and oxygen atoms in total. The number of sulfonamides is 2. The predicted octanol–water partition coefficient (Wildman–Crippen LogP) is 2.23. The maximum Gasteiger partial charge on any atom is 0.416 e. The van der Waals surface area contributed by atoms with Crippen molar-refractivity contribution in [2.75, 3.05) is 31.0 Å². The minimum Gasteiger partial charge on any atom is -0.478 e. The van der Waals surface area contributed by atoms with Crippen molar-refractivity contribution in [1.29, 1.82) is 0 Å². The van der Waals surface area contributed by atoms with Crippen LogP contribution in [0, 0.1) is 0 Å². The second-order valence-corrected chi connectivity index (χ2v) is 10.3. The summed E-state index contributed by atoms with van der Waals surface area (Å²) in [7, 11) is -8.32. The summed E-state index contributed by atoms with van der Waals surface area (Å²) in [5, 5.41) is 9.02. The molecule has 2 aromatic carbocycles. The SMILES string of the molecule is O=C(O)c1cc(NS(=O)(=O)c2ccc(S(=O)(=O)N3CCOCC3)cc2)cc(C(F)(F)F)c1. The number of anilines is 1. The van der Waals surface area contributed by atoms with Crippen molar-refractivity contribution >= 4 is 31.7 Å². The van der Waals surface area contributed by atoms with Crippen LogP contribution in [-0.4, -0.2) is 58.5 Å². The van der Waals surface area contributed by atoms with Crippen LogP contribution in [0.1, 0.15) is 15.9 Å². The number of benzene rings is 2. The number of carboxylic acid groups (broad SMARTS) is 1. The van der Waals surface area contributed by atoms with Crippen LogP contribution in [0.2, 0.25) is 0 Å². The standard InChI is InChI=1S/C18H17F3N2O7S2/c19-18(20,21)13-9-12(17(24)25)10-14(11-13)22-31(26,27)15-1-3-16(4-2-15)32(28,29)23-5-7-30-8-6-23/h1-4,9-11,22H,5-8H2,(H,24,25). The number of nitrogens with zero attached hydrogens (tertiary/aromatic N) is 1. The largest absolute Gasteiger partial charge is 0.478 e. The summed E-state index contributed by atoms with van der Waals surface area (Å²) in [5.74, 6) is -1.67. The molecule has 14 heteroatoms. The van der Waals surface area contributed by atoms with E-state index in [1.165, 1.54) is 4.31 Å². The molecule has 0 spiro atoms. The summed E-state index contributed by atoms with van der Waals surface area (Å²) in [4.78, 5) is 10.5. The van der Waals surface area contributed by atoms with Gasteiger partial charge in [0.05, 0.1) is 39.8 Å². The number of aromatic carboxylic acids is 1. The molecule has 0 radical (unpaired) electrons. The Hall–Kier alpha value is -2.68. The zero-order valence-corrected chi connectivity index (χ0v) is 17.8. The summed E-state index contributed by atoms with van der Waals surface area (Å²) >= 11 is 0. The van der Waals surface area contributed by atoms with Gasteiger partial charge >= 0.3 is 12.1 Å². The van der Waals surface area contributed by atoms with Crippen LogP contribution in [0.4, 0.5) is 18.9 Å². The van der Waals surface area contributed by atoms with E-state index in [-0.39, 0.29) is 31.2 Å². The van der Waals surface area contributed by atoms with Gasteiger partial charge < -0.3 is 9.84 Å². The Labute approximate surface area is 181 Å². The second-order valence-electron chi connectivity index (χ2n) is 6.70. The Kier molecular flexibility index (Phi) is 6.51. The van der Waals surface area contributed by atoms with Crippen molar-refractivity contribution in [2.24, 2.45) is 0 Å². The monoisotopic (exact) mass is 494 g/mol. The quantitative estimate of drug-likeness (QED) is 0.630. The first kappa shape index (κ1) is 24.0. The van der Waals surface area contributed by atoms with Gasteiger partial charge in [-0.1, -0.05) is 0 Å². The van der Waals surface area contributed by atoms with Crippen LogP contribution < -0.4 is 4.72 Å². The fourth-order valence-electron chi connectivity index (χ4n) is 2.91. The van der Waals surface area contributed by atoms with Gasteiger partial charge in [-0.25, -0.2) is 21.6 Å². The van der Waals surface area contributed by atoms with Crippen molar-refractivity contribution in [1.82, 2.24) is 4.31 Å². The van der Waals surface area contributed by atoms with Crippen molar-refractivity contribution in [3.05, 3.63) is 53.6 Å². The van der Waals surface area contributed by atoms with Gasteiger partial charge in [0, 0.05) is 13.1 Å². The molecule has 174 valence electrons. The number of morpholine rings is 1. The Morgan fingerprint density at radius 3 is 2.06 bits per heavy atom. The minimum absolute atomic E-state index is 0.144. The lowest BCUT2D eigenvalue weighted by atomic mass is 10.1. The number of hydrogen-bond donors (Lipinski definition) is 2. The summed E-state index contributed by atoms with van der Waals surface area (Å²) in [5.41, 5.74) is -2.71. The van der Waals surface area contributed by atoms with Crippen molar-refractivity contribution < 1.29 is 44.6 Å². The summed E-state index contributed by atoms with van der Waals surface area (Å²) < 4.78 is 97.7. The molecule has 0 unspecified atom stereocenters. The molecule has 0 saturated carbocycles. The fraction of sp³-hybridized carbons (Fsp3) is 0.278. The lowest BCUT2D eigenvalue weighted by Crippen LogP contribution is -2.40. The lowest BCUT2D eigenvalue weighted by molar-refractivity contribution is -0.137. The van der Waals surface area contributed by atoms with Gasteiger partial charge in [-0.15, -0.1) is 0 Å². The van der Waals surface area contributed by atoms with Crippen LogP contribution in [0.15, 0.2) is 52.3 Å². The number of alkyl halides is 3. The summed E-state index contributed by atoms with van der Waals surface area (Å²) in [6.07, 6.45) is -4.90. The first-order chi connectivity index (χ1) is 14.8. The highest BCUT2D eigenvalue weighted by Crippen LogP contribution is 2.32. The summed E-state index contributed by atoms with van der Waals surface area (Å²) in [6, 6.07) is 5.68. The van der Waals surface area contributed by atoms with Crippen LogP contribution in [0.3, 0.4) is 0 Å². The van der Waals surface area contributed by atoms with Crippen LogP contribution >= 0.6 is 0 Å². The molecule has 0 amide bonds. The third kappa shape index (κ3) is 5.20. The smallest absolute Gasteiger partial charge is 0.416 e. The topological polar surface area (TPSA) is 130 Å². The third-order valence-electron chi connectivity index (χ3n) is 4.50. The number of ether oxygens (including phenoxy) is 1. The molecule has 0 bridgehead atoms. The highest BCUT2D eigenvalue weighted by atomic mass is 32.2. The maximum absolute atomic E-state index is 13.0. The van der Waals surface area contributed by atoms with E-state index >= 15 is 0 Å². The van der Waals surface area contributed by atoms with E-state index in [0.29, 0.717) is 12.1 Å². The van der Waals surface area contributed by atoms with Gasteiger partial charge in [-0.2, -0.15) is 17.5 Å². The molecule has 2 N–H and O–H groups in total. The number of rotatable bonds is 6. The lowest BCUT2D eigenvalue weighted by Gasteiger charge is -2.26. The van der Waals surface area contributed by atoms with Crippen LogP contribution in [0.25, 0.3) is 0 Å². The molecule has 1 fully saturated rings. The molecule has 1 heterocycles. The van der Waals surface area contributed by atoms with Gasteiger partial charge in [0.1, 0.15) is 0 Å². The average Bonchev–Trinajstić information content (AvgIpc) is 2.73. The molecule has 32 heavy (non-hydrogen) atoms. The van der Waals surface area contributed by atoms with E-state index in [1.54, 1.807) is 0 Å². The molecule has 2 aromatic rings. The molecule has 0 aromatic heterocycles. The minimum atomic E-state index is -4.90. The molecule has 0 aliphatic carbocycles. The maximum atomic E-state index is 13.0. The molecular formula is C18H17F3N2O7S2. The van der Waals surface area contributed by atoms with Gasteiger partial charge in [-0.3, -0.25) is 4.72 Å². The van der Waals surface area contributed by atoms with E-state index in [2.05, 4.69) is 0 Å². The van der Waals surface area contributed by atoms with Gasteiger partial charge in [0.25, 0.3) is 10.0 Å². The van der Waals surface area contributed by atoms with Gasteiger partial charge in [0.2, 0.25) is 10.0 Å². The van der Waals surface area contributed by atoms with Gasteiger partial charge in [-0.05, 0) is 42.5 Å².